The summed E-state index contributed by atoms with van der Waals surface area (Å²) >= 11 is 0. The van der Waals surface area contributed by atoms with Crippen LogP contribution in [0.15, 0.2) is 55.0 Å². The number of rotatable bonds is 3. The Hall–Kier alpha value is -3.48. The molecule has 0 unspecified atom stereocenters. The predicted octanol–water partition coefficient (Wildman–Crippen LogP) is 1.99. The van der Waals surface area contributed by atoms with Gasteiger partial charge >= 0.3 is 0 Å². The Kier molecular flexibility index (Phi) is 3.13. The van der Waals surface area contributed by atoms with Gasteiger partial charge in [-0.1, -0.05) is 6.07 Å². The quantitative estimate of drug-likeness (QED) is 0.625. The van der Waals surface area contributed by atoms with E-state index in [4.69, 9.17) is 5.73 Å². The highest BCUT2D eigenvalue weighted by Gasteiger charge is 2.13. The number of pyridine rings is 2. The minimum atomic E-state index is -0.504. The number of carbonyl (C=O) groups excluding carboxylic acids is 1. The fourth-order valence-corrected chi connectivity index (χ4v) is 2.68. The summed E-state index contributed by atoms with van der Waals surface area (Å²) in [5.41, 5.74) is 9.13. The van der Waals surface area contributed by atoms with Gasteiger partial charge in [-0.25, -0.2) is 14.2 Å². The van der Waals surface area contributed by atoms with Crippen molar-refractivity contribution in [1.82, 2.24) is 24.4 Å². The third kappa shape index (κ3) is 2.23. The third-order valence-corrected chi connectivity index (χ3v) is 3.82. The maximum atomic E-state index is 11.5. The highest BCUT2D eigenvalue weighted by atomic mass is 16.1. The molecule has 0 bridgehead atoms. The first-order valence-corrected chi connectivity index (χ1v) is 7.39. The number of primary amides is 1. The number of amides is 1. The van der Waals surface area contributed by atoms with Crippen LogP contribution in [-0.4, -0.2) is 30.3 Å². The van der Waals surface area contributed by atoms with Gasteiger partial charge in [0.05, 0.1) is 29.2 Å². The molecule has 0 saturated heterocycles. The minimum Gasteiger partial charge on any atom is -0.365 e. The fraction of sp³-hybridized carbons (Fsp3) is 0.0588. The van der Waals surface area contributed by atoms with Gasteiger partial charge in [-0.2, -0.15) is 10.2 Å². The molecule has 1 amide bonds. The van der Waals surface area contributed by atoms with Crippen LogP contribution < -0.4 is 5.73 Å². The summed E-state index contributed by atoms with van der Waals surface area (Å²) in [6, 6.07) is 11.5. The van der Waals surface area contributed by atoms with Gasteiger partial charge in [-0.3, -0.25) is 4.79 Å². The Morgan fingerprint density at radius 2 is 2.04 bits per heavy atom. The topological polar surface area (TPSA) is 91.1 Å². The van der Waals surface area contributed by atoms with Crippen molar-refractivity contribution in [2.45, 2.75) is 6.92 Å². The average Bonchev–Trinajstić information content (AvgIpc) is 3.21. The molecule has 7 nitrogen and oxygen atoms in total. The van der Waals surface area contributed by atoms with Crippen molar-refractivity contribution >= 4 is 11.4 Å². The Bertz CT molecular complexity index is 1060. The van der Waals surface area contributed by atoms with Crippen LogP contribution in [0.1, 0.15) is 16.1 Å². The van der Waals surface area contributed by atoms with Crippen LogP contribution in [-0.2, 0) is 0 Å². The van der Waals surface area contributed by atoms with E-state index in [-0.39, 0.29) is 0 Å². The van der Waals surface area contributed by atoms with Crippen LogP contribution in [0.5, 0.6) is 0 Å². The maximum Gasteiger partial charge on any atom is 0.252 e. The van der Waals surface area contributed by atoms with Crippen LogP contribution in [0.2, 0.25) is 0 Å². The molecule has 0 aliphatic carbocycles. The molecule has 0 aliphatic heterocycles. The Balaban J connectivity index is 1.88. The van der Waals surface area contributed by atoms with E-state index in [2.05, 4.69) is 15.2 Å². The molecule has 4 aromatic rings. The second kappa shape index (κ2) is 5.31. The van der Waals surface area contributed by atoms with Crippen molar-refractivity contribution in [3.8, 4) is 17.1 Å². The lowest BCUT2D eigenvalue weighted by atomic mass is 10.1. The highest BCUT2D eigenvalue weighted by molar-refractivity contribution is 6.00. The van der Waals surface area contributed by atoms with E-state index >= 15 is 0 Å². The summed E-state index contributed by atoms with van der Waals surface area (Å²) in [7, 11) is 0. The second-order valence-electron chi connectivity index (χ2n) is 5.43. The molecule has 4 heterocycles. The SMILES string of the molecule is Cc1cccc(-n2nccc2-c2ccn3ncc(C(N)=O)c3c2)n1. The monoisotopic (exact) mass is 318 g/mol. The molecule has 7 heteroatoms. The molecule has 0 fully saturated rings. The van der Waals surface area contributed by atoms with Gasteiger partial charge in [0.1, 0.15) is 0 Å². The molecule has 0 aromatic carbocycles. The second-order valence-corrected chi connectivity index (χ2v) is 5.43. The summed E-state index contributed by atoms with van der Waals surface area (Å²) in [6.45, 7) is 1.93. The lowest BCUT2D eigenvalue weighted by Crippen LogP contribution is -2.10. The number of nitrogens with zero attached hydrogens (tertiary/aromatic N) is 5. The Morgan fingerprint density at radius 3 is 2.83 bits per heavy atom. The molecule has 0 atom stereocenters. The normalized spacial score (nSPS) is 11.0. The molecule has 4 rings (SSSR count). The predicted molar refractivity (Wildman–Crippen MR) is 88.8 cm³/mol. The van der Waals surface area contributed by atoms with Crippen molar-refractivity contribution in [1.29, 1.82) is 0 Å². The molecule has 0 aliphatic rings. The third-order valence-electron chi connectivity index (χ3n) is 3.82. The molecule has 0 radical (unpaired) electrons. The van der Waals surface area contributed by atoms with Crippen molar-refractivity contribution < 1.29 is 4.79 Å². The number of aryl methyl sites for hydroxylation is 1. The summed E-state index contributed by atoms with van der Waals surface area (Å²) < 4.78 is 3.38. The lowest BCUT2D eigenvalue weighted by molar-refractivity contribution is 0.100. The van der Waals surface area contributed by atoms with Crippen molar-refractivity contribution in [2.75, 3.05) is 0 Å². The molecule has 0 saturated carbocycles. The van der Waals surface area contributed by atoms with Gasteiger partial charge in [0, 0.05) is 17.5 Å². The van der Waals surface area contributed by atoms with Crippen molar-refractivity contribution in [2.24, 2.45) is 5.73 Å². The number of fused-ring (bicyclic) bond motifs is 1. The Labute approximate surface area is 137 Å². The van der Waals surface area contributed by atoms with Gasteiger partial charge in [-0.05, 0) is 37.3 Å². The minimum absolute atomic E-state index is 0.386. The molecule has 24 heavy (non-hydrogen) atoms. The first kappa shape index (κ1) is 14.1. The van der Waals surface area contributed by atoms with Crippen LogP contribution in [0.3, 0.4) is 0 Å². The zero-order valence-electron chi connectivity index (χ0n) is 12.9. The van der Waals surface area contributed by atoms with Crippen molar-refractivity contribution in [3.05, 3.63) is 66.2 Å². The highest BCUT2D eigenvalue weighted by Crippen LogP contribution is 2.24. The number of carbonyl (C=O) groups is 1. The van der Waals surface area contributed by atoms with Crippen LogP contribution in [0.4, 0.5) is 0 Å². The van der Waals surface area contributed by atoms with E-state index < -0.39 is 5.91 Å². The van der Waals surface area contributed by atoms with Crippen LogP contribution in [0.25, 0.3) is 22.6 Å². The molecular weight excluding hydrogens is 304 g/mol. The maximum absolute atomic E-state index is 11.5. The fourth-order valence-electron chi connectivity index (χ4n) is 2.68. The molecule has 118 valence electrons. The van der Waals surface area contributed by atoms with E-state index in [1.54, 1.807) is 21.6 Å². The first-order valence-electron chi connectivity index (χ1n) is 7.39. The molecular formula is C17H14N6O. The number of nitrogens with two attached hydrogens (primary N) is 1. The largest absolute Gasteiger partial charge is 0.365 e. The number of hydrogen-bond acceptors (Lipinski definition) is 4. The average molecular weight is 318 g/mol. The molecule has 4 aromatic heterocycles. The molecule has 2 N–H and O–H groups in total. The van der Waals surface area contributed by atoms with Crippen LogP contribution >= 0.6 is 0 Å². The first-order chi connectivity index (χ1) is 11.6. The Morgan fingerprint density at radius 1 is 1.17 bits per heavy atom. The van der Waals surface area contributed by atoms with E-state index in [0.717, 1.165) is 22.8 Å². The summed E-state index contributed by atoms with van der Waals surface area (Å²) in [5.74, 6) is 0.231. The number of aromatic nitrogens is 5. The van der Waals surface area contributed by atoms with Gasteiger partial charge < -0.3 is 5.73 Å². The standard InChI is InChI=1S/C17H14N6O/c1-11-3-2-4-16(21-11)23-14(5-7-19-23)12-6-8-22-15(9-12)13(10-20-22)17(18)24/h2-10H,1H3,(H2,18,24). The summed E-state index contributed by atoms with van der Waals surface area (Å²) in [5, 5.41) is 8.50. The van der Waals surface area contributed by atoms with E-state index in [9.17, 15) is 4.79 Å². The lowest BCUT2D eigenvalue weighted by Gasteiger charge is -2.08. The number of hydrogen-bond donors (Lipinski definition) is 1. The van der Waals surface area contributed by atoms with E-state index in [1.807, 2.05) is 43.3 Å². The van der Waals surface area contributed by atoms with E-state index in [1.165, 1.54) is 6.20 Å². The van der Waals surface area contributed by atoms with Crippen LogP contribution in [0, 0.1) is 6.92 Å². The van der Waals surface area contributed by atoms with E-state index in [0.29, 0.717) is 11.1 Å². The van der Waals surface area contributed by atoms with Gasteiger partial charge in [0.25, 0.3) is 5.91 Å². The summed E-state index contributed by atoms with van der Waals surface area (Å²) in [6.07, 6.45) is 4.98. The molecule has 0 spiro atoms. The van der Waals surface area contributed by atoms with Gasteiger partial charge in [-0.15, -0.1) is 0 Å². The van der Waals surface area contributed by atoms with Crippen molar-refractivity contribution in [3.63, 3.8) is 0 Å². The van der Waals surface area contributed by atoms with Gasteiger partial charge in [0.15, 0.2) is 5.82 Å². The zero-order chi connectivity index (χ0) is 16.7. The van der Waals surface area contributed by atoms with Gasteiger partial charge in [0.2, 0.25) is 0 Å². The zero-order valence-corrected chi connectivity index (χ0v) is 12.9. The smallest absolute Gasteiger partial charge is 0.252 e. The summed E-state index contributed by atoms with van der Waals surface area (Å²) in [4.78, 5) is 16.0.